The molecule has 0 radical (unpaired) electrons. The zero-order valence-corrected chi connectivity index (χ0v) is 17.4. The Morgan fingerprint density at radius 3 is 2.41 bits per heavy atom. The van der Waals surface area contributed by atoms with Crippen LogP contribution in [-0.2, 0) is 9.53 Å². The van der Waals surface area contributed by atoms with Crippen LogP contribution in [0.3, 0.4) is 0 Å². The summed E-state index contributed by atoms with van der Waals surface area (Å²) in [5, 5.41) is 9.18. The molecule has 8 nitrogen and oxygen atoms in total. The molecule has 0 fully saturated rings. The second-order valence-electron chi connectivity index (χ2n) is 7.25. The number of carbonyl (C=O) groups is 4. The summed E-state index contributed by atoms with van der Waals surface area (Å²) in [4.78, 5) is 48.8. The van der Waals surface area contributed by atoms with E-state index in [-0.39, 0.29) is 11.5 Å². The fourth-order valence-electron chi connectivity index (χ4n) is 2.19. The summed E-state index contributed by atoms with van der Waals surface area (Å²) in [7, 11) is 0. The number of imide groups is 1. The van der Waals surface area contributed by atoms with Crippen molar-refractivity contribution < 1.29 is 23.9 Å². The van der Waals surface area contributed by atoms with Gasteiger partial charge < -0.3 is 15.4 Å². The van der Waals surface area contributed by atoms with Crippen LogP contribution in [0.4, 0.5) is 10.5 Å². The van der Waals surface area contributed by atoms with Crippen LogP contribution >= 0.6 is 11.3 Å². The molecule has 1 aromatic heterocycles. The number of nitrogens with one attached hydrogen (secondary N) is 3. The Hall–Kier alpha value is -3.20. The number of rotatable bonds is 5. The number of carbonyl (C=O) groups excluding carboxylic acids is 4. The minimum absolute atomic E-state index is 0.160. The average molecular weight is 417 g/mol. The van der Waals surface area contributed by atoms with Crippen LogP contribution in [0.25, 0.3) is 0 Å². The second-order valence-corrected chi connectivity index (χ2v) is 8.20. The lowest BCUT2D eigenvalue weighted by atomic mass is 10.1. The van der Waals surface area contributed by atoms with Gasteiger partial charge in [0.25, 0.3) is 11.8 Å². The fraction of sp³-hybridized carbons (Fsp3) is 0.300. The maximum absolute atomic E-state index is 12.3. The van der Waals surface area contributed by atoms with Gasteiger partial charge in [-0.2, -0.15) is 0 Å². The summed E-state index contributed by atoms with van der Waals surface area (Å²) < 4.78 is 5.12. The van der Waals surface area contributed by atoms with Crippen LogP contribution in [0.5, 0.6) is 0 Å². The van der Waals surface area contributed by atoms with E-state index >= 15 is 0 Å². The van der Waals surface area contributed by atoms with Crippen molar-refractivity contribution in [3.63, 3.8) is 0 Å². The van der Waals surface area contributed by atoms with E-state index in [2.05, 4.69) is 16.0 Å². The van der Waals surface area contributed by atoms with E-state index in [4.69, 9.17) is 4.74 Å². The summed E-state index contributed by atoms with van der Waals surface area (Å²) >= 11 is 1.30. The second kappa shape index (κ2) is 9.33. The molecule has 2 aromatic rings. The van der Waals surface area contributed by atoms with Crippen LogP contribution in [0, 0.1) is 0 Å². The van der Waals surface area contributed by atoms with Gasteiger partial charge in [0.1, 0.15) is 0 Å². The molecule has 29 heavy (non-hydrogen) atoms. The third-order valence-electron chi connectivity index (χ3n) is 3.48. The molecule has 0 bridgehead atoms. The van der Waals surface area contributed by atoms with Crippen molar-refractivity contribution in [1.29, 1.82) is 0 Å². The number of anilines is 1. The van der Waals surface area contributed by atoms with Gasteiger partial charge in [-0.3, -0.25) is 14.9 Å². The number of hydrogen-bond acceptors (Lipinski definition) is 6. The standard InChI is InChI=1S/C20H23N3O5S/c1-12(16(24)22-19(27)23-20(2,3)4)28-18(26)13-7-5-8-14(11-13)21-17(25)15-9-6-10-29-15/h5-12H,1-4H3,(H,21,25)(H2,22,23,24,27)/t12-/m0/s1. The Bertz CT molecular complexity index is 903. The number of ether oxygens (including phenoxy) is 1. The van der Waals surface area contributed by atoms with Crippen LogP contribution in [-0.4, -0.2) is 35.5 Å². The Kier molecular flexibility index (Phi) is 7.11. The molecule has 1 heterocycles. The van der Waals surface area contributed by atoms with Gasteiger partial charge >= 0.3 is 12.0 Å². The van der Waals surface area contributed by atoms with Gasteiger partial charge in [0, 0.05) is 11.2 Å². The van der Waals surface area contributed by atoms with Crippen molar-refractivity contribution in [1.82, 2.24) is 10.6 Å². The van der Waals surface area contributed by atoms with Gasteiger partial charge in [-0.25, -0.2) is 9.59 Å². The van der Waals surface area contributed by atoms with E-state index in [0.29, 0.717) is 10.6 Å². The molecular weight excluding hydrogens is 394 g/mol. The van der Waals surface area contributed by atoms with E-state index in [9.17, 15) is 19.2 Å². The molecule has 1 atom stereocenters. The Labute approximate surface area is 172 Å². The van der Waals surface area contributed by atoms with Crippen LogP contribution in [0.15, 0.2) is 41.8 Å². The molecule has 0 aliphatic heterocycles. The topological polar surface area (TPSA) is 114 Å². The first-order valence-electron chi connectivity index (χ1n) is 8.84. The van der Waals surface area contributed by atoms with Crippen molar-refractivity contribution in [3.05, 3.63) is 52.2 Å². The van der Waals surface area contributed by atoms with E-state index in [0.717, 1.165) is 0 Å². The lowest BCUT2D eigenvalue weighted by Gasteiger charge is -2.21. The maximum atomic E-state index is 12.3. The van der Waals surface area contributed by atoms with Gasteiger partial charge in [0.15, 0.2) is 6.10 Å². The summed E-state index contributed by atoms with van der Waals surface area (Å²) in [6.07, 6.45) is -1.18. The highest BCUT2D eigenvalue weighted by Crippen LogP contribution is 2.16. The third-order valence-corrected chi connectivity index (χ3v) is 4.35. The summed E-state index contributed by atoms with van der Waals surface area (Å²) in [5.41, 5.74) is 0.0606. The minimum Gasteiger partial charge on any atom is -0.449 e. The molecule has 0 aliphatic rings. The van der Waals surface area contributed by atoms with Crippen molar-refractivity contribution >= 4 is 40.8 Å². The Morgan fingerprint density at radius 2 is 1.79 bits per heavy atom. The van der Waals surface area contributed by atoms with E-state index in [1.165, 1.54) is 30.4 Å². The fourth-order valence-corrected chi connectivity index (χ4v) is 2.81. The monoisotopic (exact) mass is 417 g/mol. The first-order chi connectivity index (χ1) is 13.5. The summed E-state index contributed by atoms with van der Waals surface area (Å²) in [6.45, 7) is 6.67. The zero-order chi connectivity index (χ0) is 21.6. The number of esters is 1. The molecule has 1 aromatic carbocycles. The first-order valence-corrected chi connectivity index (χ1v) is 9.72. The lowest BCUT2D eigenvalue weighted by Crippen LogP contribution is -2.50. The molecule has 0 spiro atoms. The molecule has 4 amide bonds. The highest BCUT2D eigenvalue weighted by molar-refractivity contribution is 7.12. The molecule has 0 aliphatic carbocycles. The molecule has 2 rings (SSSR count). The summed E-state index contributed by atoms with van der Waals surface area (Å²) in [5.74, 6) is -1.79. The van der Waals surface area contributed by atoms with Crippen molar-refractivity contribution in [2.24, 2.45) is 0 Å². The largest absolute Gasteiger partial charge is 0.449 e. The quantitative estimate of drug-likeness (QED) is 0.647. The zero-order valence-electron chi connectivity index (χ0n) is 16.6. The van der Waals surface area contributed by atoms with Crippen molar-refractivity contribution in [2.75, 3.05) is 5.32 Å². The number of hydrogen-bond donors (Lipinski definition) is 3. The number of thiophene rings is 1. The predicted molar refractivity (Wildman–Crippen MR) is 110 cm³/mol. The van der Waals surface area contributed by atoms with Gasteiger partial charge in [0.05, 0.1) is 10.4 Å². The smallest absolute Gasteiger partial charge is 0.338 e. The molecular formula is C20H23N3O5S. The van der Waals surface area contributed by atoms with Crippen molar-refractivity contribution in [2.45, 2.75) is 39.3 Å². The van der Waals surface area contributed by atoms with Crippen LogP contribution in [0.2, 0.25) is 0 Å². The SMILES string of the molecule is C[C@H](OC(=O)c1cccc(NC(=O)c2cccs2)c1)C(=O)NC(=O)NC(C)(C)C. The summed E-state index contributed by atoms with van der Waals surface area (Å²) in [6, 6.07) is 8.95. The normalized spacial score (nSPS) is 11.9. The Balaban J connectivity index is 1.95. The molecule has 3 N–H and O–H groups in total. The van der Waals surface area contributed by atoms with Gasteiger partial charge in [0.2, 0.25) is 0 Å². The van der Waals surface area contributed by atoms with Crippen LogP contribution in [0.1, 0.15) is 47.7 Å². The van der Waals surface area contributed by atoms with E-state index < -0.39 is 29.6 Å². The maximum Gasteiger partial charge on any atom is 0.338 e. The number of amides is 4. The van der Waals surface area contributed by atoms with Crippen molar-refractivity contribution in [3.8, 4) is 0 Å². The lowest BCUT2D eigenvalue weighted by molar-refractivity contribution is -0.127. The molecule has 154 valence electrons. The Morgan fingerprint density at radius 1 is 1.07 bits per heavy atom. The highest BCUT2D eigenvalue weighted by Gasteiger charge is 2.23. The van der Waals surface area contributed by atoms with Gasteiger partial charge in [-0.1, -0.05) is 12.1 Å². The number of benzene rings is 1. The van der Waals surface area contributed by atoms with E-state index in [1.807, 2.05) is 0 Å². The minimum atomic E-state index is -1.18. The molecule has 0 saturated carbocycles. The third kappa shape index (κ3) is 7.04. The molecule has 9 heteroatoms. The highest BCUT2D eigenvalue weighted by atomic mass is 32.1. The average Bonchev–Trinajstić information content (AvgIpc) is 3.14. The predicted octanol–water partition coefficient (Wildman–Crippen LogP) is 3.17. The first kappa shape index (κ1) is 22.1. The molecule has 0 saturated heterocycles. The molecule has 0 unspecified atom stereocenters. The van der Waals surface area contributed by atoms with E-state index in [1.54, 1.807) is 50.4 Å². The van der Waals surface area contributed by atoms with Gasteiger partial charge in [-0.15, -0.1) is 11.3 Å². The van der Waals surface area contributed by atoms with Crippen LogP contribution < -0.4 is 16.0 Å². The number of urea groups is 1. The van der Waals surface area contributed by atoms with Gasteiger partial charge in [-0.05, 0) is 57.3 Å².